The van der Waals surface area contributed by atoms with Crippen molar-refractivity contribution in [3.05, 3.63) is 52.0 Å². The van der Waals surface area contributed by atoms with E-state index in [-0.39, 0.29) is 5.56 Å². The third kappa shape index (κ3) is 2.88. The molecule has 0 aliphatic rings. The molecular weight excluding hydrogens is 308 g/mol. The molecule has 19 heavy (non-hydrogen) atoms. The van der Waals surface area contributed by atoms with E-state index in [2.05, 4.69) is 21.2 Å². The Bertz CT molecular complexity index is 641. The average molecular weight is 321 g/mol. The second-order valence-corrected chi connectivity index (χ2v) is 4.96. The molecule has 0 spiro atoms. The number of anilines is 3. The summed E-state index contributed by atoms with van der Waals surface area (Å²) in [5, 5.41) is 12.1. The first-order chi connectivity index (χ1) is 8.99. The number of hydrogen-bond donors (Lipinski definition) is 3. The first kappa shape index (κ1) is 13.4. The molecule has 0 aliphatic carbocycles. The lowest BCUT2D eigenvalue weighted by Gasteiger charge is -2.13. The lowest BCUT2D eigenvalue weighted by atomic mass is 10.1. The molecular formula is C14H13BrN2O2. The molecule has 0 amide bonds. The van der Waals surface area contributed by atoms with E-state index >= 15 is 0 Å². The molecule has 0 aliphatic heterocycles. The predicted molar refractivity (Wildman–Crippen MR) is 80.0 cm³/mol. The number of rotatable bonds is 3. The van der Waals surface area contributed by atoms with E-state index in [1.165, 1.54) is 12.1 Å². The van der Waals surface area contributed by atoms with Gasteiger partial charge in [-0.15, -0.1) is 0 Å². The highest BCUT2D eigenvalue weighted by atomic mass is 79.9. The minimum Gasteiger partial charge on any atom is -0.478 e. The number of carbonyl (C=O) groups is 1. The van der Waals surface area contributed by atoms with Gasteiger partial charge in [0.15, 0.2) is 0 Å². The maximum absolute atomic E-state index is 11.0. The van der Waals surface area contributed by atoms with Crippen molar-refractivity contribution in [2.24, 2.45) is 0 Å². The topological polar surface area (TPSA) is 75.3 Å². The Kier molecular flexibility index (Phi) is 3.76. The Morgan fingerprint density at radius 3 is 2.68 bits per heavy atom. The van der Waals surface area contributed by atoms with Gasteiger partial charge in [0.25, 0.3) is 0 Å². The molecule has 0 unspecified atom stereocenters. The van der Waals surface area contributed by atoms with Gasteiger partial charge in [-0.25, -0.2) is 4.79 Å². The SMILES string of the molecule is Cc1cccc(Nc2cc(C(=O)O)ccc2N)c1Br. The number of nitrogens with one attached hydrogen (secondary N) is 1. The van der Waals surface area contributed by atoms with Crippen LogP contribution in [0.4, 0.5) is 17.1 Å². The maximum atomic E-state index is 11.0. The van der Waals surface area contributed by atoms with Gasteiger partial charge in [-0.3, -0.25) is 0 Å². The number of carboxylic acid groups (broad SMARTS) is 1. The second kappa shape index (κ2) is 5.32. The molecule has 0 radical (unpaired) electrons. The molecule has 0 aromatic heterocycles. The number of hydrogen-bond acceptors (Lipinski definition) is 3. The Labute approximate surface area is 119 Å². The number of nitrogens with two attached hydrogens (primary N) is 1. The van der Waals surface area contributed by atoms with E-state index < -0.39 is 5.97 Å². The van der Waals surface area contributed by atoms with Crippen molar-refractivity contribution in [1.29, 1.82) is 0 Å². The van der Waals surface area contributed by atoms with E-state index in [0.29, 0.717) is 11.4 Å². The minimum atomic E-state index is -0.980. The number of aromatic carboxylic acids is 1. The van der Waals surface area contributed by atoms with Gasteiger partial charge >= 0.3 is 5.97 Å². The van der Waals surface area contributed by atoms with Gasteiger partial charge < -0.3 is 16.2 Å². The molecule has 98 valence electrons. The lowest BCUT2D eigenvalue weighted by molar-refractivity contribution is 0.0697. The highest BCUT2D eigenvalue weighted by Crippen LogP contribution is 2.31. The van der Waals surface area contributed by atoms with Gasteiger partial charge in [-0.05, 0) is 52.7 Å². The Balaban J connectivity index is 2.40. The summed E-state index contributed by atoms with van der Waals surface area (Å²) in [4.78, 5) is 11.0. The smallest absolute Gasteiger partial charge is 0.335 e. The predicted octanol–water partition coefficient (Wildman–Crippen LogP) is 3.78. The molecule has 4 nitrogen and oxygen atoms in total. The van der Waals surface area contributed by atoms with Gasteiger partial charge in [0, 0.05) is 4.47 Å². The van der Waals surface area contributed by atoms with Crippen LogP contribution in [0, 0.1) is 6.92 Å². The van der Waals surface area contributed by atoms with E-state index in [0.717, 1.165) is 15.7 Å². The third-order valence-electron chi connectivity index (χ3n) is 2.76. The summed E-state index contributed by atoms with van der Waals surface area (Å²) >= 11 is 3.49. The van der Waals surface area contributed by atoms with E-state index in [4.69, 9.17) is 10.8 Å². The summed E-state index contributed by atoms with van der Waals surface area (Å²) in [7, 11) is 0. The van der Waals surface area contributed by atoms with Gasteiger partial charge in [0.1, 0.15) is 0 Å². The molecule has 4 N–H and O–H groups in total. The van der Waals surface area contributed by atoms with Gasteiger partial charge in [-0.1, -0.05) is 12.1 Å². The normalized spacial score (nSPS) is 10.2. The standard InChI is InChI=1S/C14H13BrN2O2/c1-8-3-2-4-11(13(8)15)17-12-7-9(14(18)19)5-6-10(12)16/h2-7,17H,16H2,1H3,(H,18,19). The van der Waals surface area contributed by atoms with Crippen molar-refractivity contribution < 1.29 is 9.90 Å². The van der Waals surface area contributed by atoms with Crippen LogP contribution in [0.3, 0.4) is 0 Å². The van der Waals surface area contributed by atoms with Gasteiger partial charge in [0.05, 0.1) is 22.6 Å². The van der Waals surface area contributed by atoms with Crippen molar-refractivity contribution in [3.8, 4) is 0 Å². The average Bonchev–Trinajstić information content (AvgIpc) is 2.37. The van der Waals surface area contributed by atoms with E-state index in [1.54, 1.807) is 6.07 Å². The third-order valence-corrected chi connectivity index (χ3v) is 3.81. The largest absolute Gasteiger partial charge is 0.478 e. The van der Waals surface area contributed by atoms with Crippen LogP contribution in [0.15, 0.2) is 40.9 Å². The van der Waals surface area contributed by atoms with Crippen LogP contribution >= 0.6 is 15.9 Å². The van der Waals surface area contributed by atoms with Crippen molar-refractivity contribution in [1.82, 2.24) is 0 Å². The molecule has 2 rings (SSSR count). The van der Waals surface area contributed by atoms with Crippen molar-refractivity contribution >= 4 is 39.0 Å². The molecule has 2 aromatic carbocycles. The van der Waals surface area contributed by atoms with Crippen LogP contribution in [0.25, 0.3) is 0 Å². The van der Waals surface area contributed by atoms with Crippen LogP contribution < -0.4 is 11.1 Å². The highest BCUT2D eigenvalue weighted by Gasteiger charge is 2.09. The minimum absolute atomic E-state index is 0.195. The summed E-state index contributed by atoms with van der Waals surface area (Å²) in [5.41, 5.74) is 9.05. The monoisotopic (exact) mass is 320 g/mol. The summed E-state index contributed by atoms with van der Waals surface area (Å²) in [6, 6.07) is 10.4. The number of benzene rings is 2. The fraction of sp³-hybridized carbons (Fsp3) is 0.0714. The molecule has 0 saturated carbocycles. The molecule has 5 heteroatoms. The van der Waals surface area contributed by atoms with Gasteiger partial charge in [-0.2, -0.15) is 0 Å². The molecule has 2 aromatic rings. The molecule has 0 fully saturated rings. The van der Waals surface area contributed by atoms with Crippen LogP contribution in [-0.2, 0) is 0 Å². The Hall–Kier alpha value is -2.01. The zero-order chi connectivity index (χ0) is 14.0. The Morgan fingerprint density at radius 1 is 1.26 bits per heavy atom. The van der Waals surface area contributed by atoms with Crippen molar-refractivity contribution in [2.45, 2.75) is 6.92 Å². The highest BCUT2D eigenvalue weighted by molar-refractivity contribution is 9.10. The van der Waals surface area contributed by atoms with E-state index in [9.17, 15) is 4.79 Å². The molecule has 0 saturated heterocycles. The van der Waals surface area contributed by atoms with E-state index in [1.807, 2.05) is 25.1 Å². The van der Waals surface area contributed by atoms with Crippen LogP contribution in [0.2, 0.25) is 0 Å². The first-order valence-corrected chi connectivity index (χ1v) is 6.43. The summed E-state index contributed by atoms with van der Waals surface area (Å²) in [6.45, 7) is 1.98. The molecule has 0 heterocycles. The summed E-state index contributed by atoms with van der Waals surface area (Å²) < 4.78 is 0.926. The van der Waals surface area contributed by atoms with Crippen molar-refractivity contribution in [2.75, 3.05) is 11.1 Å². The fourth-order valence-electron chi connectivity index (χ4n) is 1.69. The fourth-order valence-corrected chi connectivity index (χ4v) is 2.05. The first-order valence-electron chi connectivity index (χ1n) is 5.64. The summed E-state index contributed by atoms with van der Waals surface area (Å²) in [5.74, 6) is -0.980. The maximum Gasteiger partial charge on any atom is 0.335 e. The number of aryl methyl sites for hydroxylation is 1. The Morgan fingerprint density at radius 2 is 2.00 bits per heavy atom. The second-order valence-electron chi connectivity index (χ2n) is 4.17. The summed E-state index contributed by atoms with van der Waals surface area (Å²) in [6.07, 6.45) is 0. The van der Waals surface area contributed by atoms with Crippen molar-refractivity contribution in [3.63, 3.8) is 0 Å². The molecule has 0 atom stereocenters. The number of carboxylic acids is 1. The molecule has 0 bridgehead atoms. The zero-order valence-electron chi connectivity index (χ0n) is 10.3. The zero-order valence-corrected chi connectivity index (χ0v) is 11.9. The quantitative estimate of drug-likeness (QED) is 0.752. The van der Waals surface area contributed by atoms with Crippen LogP contribution in [0.1, 0.15) is 15.9 Å². The lowest BCUT2D eigenvalue weighted by Crippen LogP contribution is -2.02. The number of nitrogen functional groups attached to an aromatic ring is 1. The van der Waals surface area contributed by atoms with Gasteiger partial charge in [0.2, 0.25) is 0 Å². The van der Waals surface area contributed by atoms with Crippen LogP contribution in [-0.4, -0.2) is 11.1 Å². The van der Waals surface area contributed by atoms with Crippen LogP contribution in [0.5, 0.6) is 0 Å². The number of halogens is 1.